The van der Waals surface area contributed by atoms with Crippen LogP contribution in [-0.4, -0.2) is 45.3 Å². The number of rotatable bonds is 7. The summed E-state index contributed by atoms with van der Waals surface area (Å²) in [4.78, 5) is 19.8. The van der Waals surface area contributed by atoms with Crippen LogP contribution in [0.3, 0.4) is 0 Å². The summed E-state index contributed by atoms with van der Waals surface area (Å²) in [6.45, 7) is 0.713. The van der Waals surface area contributed by atoms with Crippen molar-refractivity contribution in [3.05, 3.63) is 84.1 Å². The molecule has 2 aliphatic carbocycles. The smallest absolute Gasteiger partial charge is 0.258 e. The summed E-state index contributed by atoms with van der Waals surface area (Å²) >= 11 is 0. The quantitative estimate of drug-likeness (QED) is 0.374. The van der Waals surface area contributed by atoms with E-state index >= 15 is 0 Å². The Hall–Kier alpha value is -3.14. The van der Waals surface area contributed by atoms with Crippen LogP contribution < -0.4 is 4.72 Å². The van der Waals surface area contributed by atoms with Gasteiger partial charge in [-0.1, -0.05) is 24.3 Å². The number of nitrogens with zero attached hydrogens (tertiary/aromatic N) is 4. The fraction of sp³-hybridized carbons (Fsp3) is 0.393. The Labute approximate surface area is 217 Å². The summed E-state index contributed by atoms with van der Waals surface area (Å²) in [7, 11) is -3.62. The van der Waals surface area contributed by atoms with Gasteiger partial charge in [-0.2, -0.15) is 0 Å². The molecule has 4 aromatic rings. The molecule has 6 rings (SSSR count). The van der Waals surface area contributed by atoms with Crippen LogP contribution >= 0.6 is 0 Å². The number of sulfonamides is 1. The topological polar surface area (TPSA) is 104 Å². The van der Waals surface area contributed by atoms with Gasteiger partial charge in [0.2, 0.25) is 0 Å². The monoisotopic (exact) mass is 516 g/mol. The van der Waals surface area contributed by atoms with Crippen molar-refractivity contribution in [3.8, 4) is 0 Å². The van der Waals surface area contributed by atoms with Crippen molar-refractivity contribution in [3.63, 3.8) is 0 Å². The second-order valence-corrected chi connectivity index (χ2v) is 11.8. The van der Waals surface area contributed by atoms with Gasteiger partial charge < -0.3 is 4.98 Å². The lowest BCUT2D eigenvalue weighted by Gasteiger charge is -2.42. The third-order valence-electron chi connectivity index (χ3n) is 7.74. The first-order valence-corrected chi connectivity index (χ1v) is 14.6. The summed E-state index contributed by atoms with van der Waals surface area (Å²) in [6, 6.07) is 17.8. The molecule has 8 nitrogen and oxygen atoms in total. The highest BCUT2D eigenvalue weighted by Gasteiger charge is 2.35. The predicted molar refractivity (Wildman–Crippen MR) is 142 cm³/mol. The lowest BCUT2D eigenvalue weighted by atomic mass is 9.86. The van der Waals surface area contributed by atoms with Crippen LogP contribution in [0, 0.1) is 0 Å². The van der Waals surface area contributed by atoms with Gasteiger partial charge in [0, 0.05) is 24.5 Å². The second kappa shape index (κ2) is 10.3. The number of pyridine rings is 2. The van der Waals surface area contributed by atoms with Gasteiger partial charge in [-0.05, 0) is 80.8 Å². The minimum Gasteiger partial charge on any atom is -0.341 e. The normalized spacial score (nSPS) is 22.2. The molecule has 37 heavy (non-hydrogen) atoms. The Morgan fingerprint density at radius 3 is 2.54 bits per heavy atom. The van der Waals surface area contributed by atoms with E-state index in [1.807, 2.05) is 30.5 Å². The van der Waals surface area contributed by atoms with Gasteiger partial charge in [-0.3, -0.25) is 9.88 Å². The molecule has 3 heterocycles. The number of para-hydroxylation sites is 2. The lowest BCUT2D eigenvalue weighted by molar-refractivity contribution is 0.0749. The summed E-state index contributed by atoms with van der Waals surface area (Å²) in [5.74, 6) is 0.960. The number of benzene rings is 1. The van der Waals surface area contributed by atoms with Crippen molar-refractivity contribution in [1.82, 2.24) is 29.6 Å². The minimum absolute atomic E-state index is 0.0773. The summed E-state index contributed by atoms with van der Waals surface area (Å²) < 4.78 is 28.5. The Kier molecular flexibility index (Phi) is 6.75. The molecule has 2 N–H and O–H groups in total. The third-order valence-corrected chi connectivity index (χ3v) is 9.17. The first-order chi connectivity index (χ1) is 18.1. The zero-order valence-corrected chi connectivity index (χ0v) is 21.6. The van der Waals surface area contributed by atoms with Crippen LogP contribution in [0.15, 0.2) is 72.0 Å². The molecule has 1 fully saturated rings. The van der Waals surface area contributed by atoms with Gasteiger partial charge in [0.15, 0.2) is 5.03 Å². The number of aromatic amines is 1. The molecule has 0 aliphatic heterocycles. The Morgan fingerprint density at radius 2 is 1.73 bits per heavy atom. The van der Waals surface area contributed by atoms with Crippen LogP contribution in [0.5, 0.6) is 0 Å². The van der Waals surface area contributed by atoms with Crippen molar-refractivity contribution in [2.24, 2.45) is 0 Å². The number of imidazole rings is 1. The average molecular weight is 517 g/mol. The van der Waals surface area contributed by atoms with Gasteiger partial charge in [-0.25, -0.2) is 23.1 Å². The van der Waals surface area contributed by atoms with Crippen LogP contribution in [0.1, 0.15) is 61.6 Å². The lowest BCUT2D eigenvalue weighted by Crippen LogP contribution is -2.45. The zero-order valence-electron chi connectivity index (χ0n) is 20.8. The minimum atomic E-state index is -3.62. The number of aryl methyl sites for hydroxylation is 1. The number of hydrogen-bond donors (Lipinski definition) is 2. The number of H-pyrrole nitrogens is 1. The van der Waals surface area contributed by atoms with Crippen molar-refractivity contribution < 1.29 is 8.42 Å². The molecule has 192 valence electrons. The van der Waals surface area contributed by atoms with Crippen LogP contribution in [0.2, 0.25) is 0 Å². The maximum Gasteiger partial charge on any atom is 0.258 e. The molecule has 0 spiro atoms. The molecular weight excluding hydrogens is 484 g/mol. The van der Waals surface area contributed by atoms with Crippen molar-refractivity contribution in [1.29, 1.82) is 0 Å². The molecule has 1 atom stereocenters. The van der Waals surface area contributed by atoms with E-state index in [2.05, 4.69) is 31.7 Å². The fourth-order valence-corrected chi connectivity index (χ4v) is 7.22. The van der Waals surface area contributed by atoms with E-state index in [9.17, 15) is 8.42 Å². The zero-order chi connectivity index (χ0) is 25.2. The molecule has 1 unspecified atom stereocenters. The van der Waals surface area contributed by atoms with E-state index in [1.165, 1.54) is 23.5 Å². The van der Waals surface area contributed by atoms with Crippen molar-refractivity contribution in [2.45, 2.75) is 74.6 Å². The SMILES string of the molecule is O=S(=O)(NC1CCC(N(Cc2nc3ccccc3[nH]2)C2CCCc3cccnc32)CC1)c1ccccn1. The second-order valence-electron chi connectivity index (χ2n) is 10.1. The van der Waals surface area contributed by atoms with E-state index in [-0.39, 0.29) is 17.1 Å². The first-order valence-electron chi connectivity index (χ1n) is 13.1. The highest BCUT2D eigenvalue weighted by Crippen LogP contribution is 2.38. The number of aromatic nitrogens is 4. The molecular formula is C28H32N6O2S. The number of fused-ring (bicyclic) bond motifs is 2. The molecule has 2 aliphatic rings. The largest absolute Gasteiger partial charge is 0.341 e. The van der Waals surface area contributed by atoms with Gasteiger partial charge >= 0.3 is 0 Å². The van der Waals surface area contributed by atoms with Crippen molar-refractivity contribution >= 4 is 21.1 Å². The Bertz CT molecular complexity index is 1430. The predicted octanol–water partition coefficient (Wildman–Crippen LogP) is 4.52. The van der Waals surface area contributed by atoms with Crippen LogP contribution in [0.25, 0.3) is 11.0 Å². The van der Waals surface area contributed by atoms with E-state index in [0.717, 1.165) is 61.8 Å². The molecule has 9 heteroatoms. The Morgan fingerprint density at radius 1 is 0.919 bits per heavy atom. The number of nitrogens with one attached hydrogen (secondary N) is 2. The molecule has 1 aromatic carbocycles. The fourth-order valence-electron chi connectivity index (χ4n) is 5.97. The molecule has 0 radical (unpaired) electrons. The van der Waals surface area contributed by atoms with Crippen LogP contribution in [0.4, 0.5) is 0 Å². The van der Waals surface area contributed by atoms with Gasteiger partial charge in [-0.15, -0.1) is 0 Å². The summed E-state index contributed by atoms with van der Waals surface area (Å²) in [6.07, 6.45) is 10.1. The maximum absolute atomic E-state index is 12.8. The van der Waals surface area contributed by atoms with E-state index in [0.29, 0.717) is 12.6 Å². The average Bonchev–Trinajstić information content (AvgIpc) is 3.35. The molecule has 0 saturated heterocycles. The number of hydrogen-bond acceptors (Lipinski definition) is 6. The highest BCUT2D eigenvalue weighted by molar-refractivity contribution is 7.89. The van der Waals surface area contributed by atoms with Crippen molar-refractivity contribution in [2.75, 3.05) is 0 Å². The van der Waals surface area contributed by atoms with E-state index in [4.69, 9.17) is 9.97 Å². The summed E-state index contributed by atoms with van der Waals surface area (Å²) in [5, 5.41) is 0.0773. The molecule has 3 aromatic heterocycles. The molecule has 1 saturated carbocycles. The standard InChI is InChI=1S/C28H32N6O2S/c35-37(36,27-12-3-4-17-29-27)33-21-13-15-22(16-14-21)34(19-26-31-23-9-1-2-10-24(23)32-26)25-11-5-7-20-8-6-18-30-28(20)25/h1-4,6,8-10,12,17-18,21-22,25,33H,5,7,11,13-16,19H2,(H,31,32). The Balaban J connectivity index is 1.22. The van der Waals surface area contributed by atoms with Gasteiger partial charge in [0.25, 0.3) is 10.0 Å². The van der Waals surface area contributed by atoms with Gasteiger partial charge in [0.05, 0.1) is 29.3 Å². The molecule has 0 bridgehead atoms. The van der Waals surface area contributed by atoms with Crippen LogP contribution in [-0.2, 0) is 23.0 Å². The van der Waals surface area contributed by atoms with E-state index in [1.54, 1.807) is 12.1 Å². The highest BCUT2D eigenvalue weighted by atomic mass is 32.2. The maximum atomic E-state index is 12.8. The van der Waals surface area contributed by atoms with E-state index < -0.39 is 10.0 Å². The molecule has 0 amide bonds. The third kappa shape index (κ3) is 5.16. The summed E-state index contributed by atoms with van der Waals surface area (Å²) in [5.41, 5.74) is 4.55. The first kappa shape index (κ1) is 24.2. The van der Waals surface area contributed by atoms with Gasteiger partial charge in [0.1, 0.15) is 5.82 Å².